The zero-order chi connectivity index (χ0) is 19.9. The van der Waals surface area contributed by atoms with Crippen LogP contribution in [0.4, 0.5) is 18.9 Å². The molecule has 2 aliphatic carbocycles. The molecule has 146 valence electrons. The fourth-order valence-corrected chi connectivity index (χ4v) is 3.28. The van der Waals surface area contributed by atoms with Gasteiger partial charge in [-0.05, 0) is 55.0 Å². The smallest absolute Gasteiger partial charge is 0.349 e. The molecule has 2 fully saturated rings. The molecular formula is C21H19F3N2O2. The summed E-state index contributed by atoms with van der Waals surface area (Å²) in [7, 11) is 0. The molecule has 2 saturated carbocycles. The van der Waals surface area contributed by atoms with Crippen LogP contribution in [0.15, 0.2) is 48.5 Å². The van der Waals surface area contributed by atoms with Gasteiger partial charge >= 0.3 is 6.18 Å². The van der Waals surface area contributed by atoms with E-state index in [1.807, 2.05) is 0 Å². The lowest BCUT2D eigenvalue weighted by Crippen LogP contribution is -2.27. The summed E-state index contributed by atoms with van der Waals surface area (Å²) >= 11 is 0. The summed E-state index contributed by atoms with van der Waals surface area (Å²) in [5, 5.41) is 5.70. The van der Waals surface area contributed by atoms with Crippen molar-refractivity contribution in [1.82, 2.24) is 5.32 Å². The molecule has 4 rings (SSSR count). The molecule has 28 heavy (non-hydrogen) atoms. The number of alkyl halides is 3. The number of rotatable bonds is 5. The zero-order valence-corrected chi connectivity index (χ0v) is 14.9. The Bertz CT molecular complexity index is 905. The molecule has 2 aromatic rings. The topological polar surface area (TPSA) is 58.2 Å². The van der Waals surface area contributed by atoms with Crippen molar-refractivity contribution in [3.63, 3.8) is 0 Å². The number of carbonyl (C=O) groups is 2. The van der Waals surface area contributed by atoms with Gasteiger partial charge in [0.05, 0.1) is 16.8 Å². The SMILES string of the molecule is O=C(NC1CC1)c1ccccc1NC(=O)C1CC1c1ccc(C(F)(F)F)cc1. The number of hydrogen-bond acceptors (Lipinski definition) is 2. The van der Waals surface area contributed by atoms with Crippen molar-refractivity contribution >= 4 is 17.5 Å². The highest BCUT2D eigenvalue weighted by molar-refractivity contribution is 6.05. The highest BCUT2D eigenvalue weighted by Crippen LogP contribution is 2.48. The summed E-state index contributed by atoms with van der Waals surface area (Å²) in [4.78, 5) is 24.9. The highest BCUT2D eigenvalue weighted by atomic mass is 19.4. The fraction of sp³-hybridized carbons (Fsp3) is 0.333. The number of nitrogens with one attached hydrogen (secondary N) is 2. The minimum Gasteiger partial charge on any atom is -0.349 e. The predicted octanol–water partition coefficient (Wildman–Crippen LogP) is 4.34. The van der Waals surface area contributed by atoms with E-state index in [-0.39, 0.29) is 29.7 Å². The van der Waals surface area contributed by atoms with E-state index >= 15 is 0 Å². The van der Waals surface area contributed by atoms with E-state index < -0.39 is 11.7 Å². The maximum atomic E-state index is 12.7. The van der Waals surface area contributed by atoms with Gasteiger partial charge in [0.1, 0.15) is 0 Å². The van der Waals surface area contributed by atoms with Crippen LogP contribution >= 0.6 is 0 Å². The van der Waals surface area contributed by atoms with Gasteiger partial charge < -0.3 is 10.6 Å². The average molecular weight is 388 g/mol. The van der Waals surface area contributed by atoms with Gasteiger partial charge in [-0.1, -0.05) is 24.3 Å². The van der Waals surface area contributed by atoms with Crippen LogP contribution in [0.25, 0.3) is 0 Å². The van der Waals surface area contributed by atoms with Gasteiger partial charge in [0.2, 0.25) is 5.91 Å². The third-order valence-corrected chi connectivity index (χ3v) is 5.14. The second-order valence-corrected chi connectivity index (χ2v) is 7.35. The molecule has 0 saturated heterocycles. The number of hydrogen-bond donors (Lipinski definition) is 2. The monoisotopic (exact) mass is 388 g/mol. The Kier molecular flexibility index (Phi) is 4.61. The van der Waals surface area contributed by atoms with E-state index in [4.69, 9.17) is 0 Å². The first-order chi connectivity index (χ1) is 13.3. The normalized spacial score (nSPS) is 21.1. The summed E-state index contributed by atoms with van der Waals surface area (Å²) in [6.07, 6.45) is -1.86. The maximum absolute atomic E-state index is 12.7. The van der Waals surface area contributed by atoms with Crippen molar-refractivity contribution in [2.45, 2.75) is 37.4 Å². The van der Waals surface area contributed by atoms with Gasteiger partial charge in [0, 0.05) is 12.0 Å². The van der Waals surface area contributed by atoms with E-state index in [9.17, 15) is 22.8 Å². The molecule has 0 aliphatic heterocycles. The number of carbonyl (C=O) groups excluding carboxylic acids is 2. The van der Waals surface area contributed by atoms with Crippen LogP contribution in [0.5, 0.6) is 0 Å². The van der Waals surface area contributed by atoms with Crippen molar-refractivity contribution in [2.75, 3.05) is 5.32 Å². The molecule has 2 atom stereocenters. The fourth-order valence-electron chi connectivity index (χ4n) is 3.28. The van der Waals surface area contributed by atoms with Crippen LogP contribution in [0, 0.1) is 5.92 Å². The van der Waals surface area contributed by atoms with Crippen LogP contribution in [0.3, 0.4) is 0 Å². The van der Waals surface area contributed by atoms with Crippen molar-refractivity contribution in [1.29, 1.82) is 0 Å². The second-order valence-electron chi connectivity index (χ2n) is 7.35. The number of para-hydroxylation sites is 1. The second kappa shape index (κ2) is 6.96. The van der Waals surface area contributed by atoms with Gasteiger partial charge in [-0.15, -0.1) is 0 Å². The quantitative estimate of drug-likeness (QED) is 0.801. The molecule has 7 heteroatoms. The Labute approximate surface area is 160 Å². The van der Waals surface area contributed by atoms with Gasteiger partial charge in [0.15, 0.2) is 0 Å². The highest BCUT2D eigenvalue weighted by Gasteiger charge is 2.44. The minimum atomic E-state index is -4.37. The maximum Gasteiger partial charge on any atom is 0.416 e. The summed E-state index contributed by atoms with van der Waals surface area (Å²) in [5.74, 6) is -0.851. The Morgan fingerprint density at radius 2 is 1.64 bits per heavy atom. The van der Waals surface area contributed by atoms with E-state index in [0.717, 1.165) is 25.0 Å². The Morgan fingerprint density at radius 3 is 2.29 bits per heavy atom. The standard InChI is InChI=1S/C21H19F3N2O2/c22-21(23,24)13-7-5-12(6-8-13)16-11-17(16)20(28)26-18-4-2-1-3-15(18)19(27)25-14-9-10-14/h1-8,14,16-17H,9-11H2,(H,25,27)(H,26,28). The molecule has 4 nitrogen and oxygen atoms in total. The van der Waals surface area contributed by atoms with Crippen molar-refractivity contribution < 1.29 is 22.8 Å². The Hall–Kier alpha value is -2.83. The van der Waals surface area contributed by atoms with Gasteiger partial charge in [-0.3, -0.25) is 9.59 Å². The molecule has 2 aliphatic rings. The van der Waals surface area contributed by atoms with Crippen LogP contribution in [-0.4, -0.2) is 17.9 Å². The largest absolute Gasteiger partial charge is 0.416 e. The molecule has 2 aromatic carbocycles. The van der Waals surface area contributed by atoms with Crippen LogP contribution in [0.1, 0.15) is 46.7 Å². The lowest BCUT2D eigenvalue weighted by molar-refractivity contribution is -0.137. The molecule has 0 bridgehead atoms. The molecule has 2 unspecified atom stereocenters. The van der Waals surface area contributed by atoms with Crippen LogP contribution in [-0.2, 0) is 11.0 Å². The Balaban J connectivity index is 1.41. The summed E-state index contributed by atoms with van der Waals surface area (Å²) in [6, 6.07) is 12.0. The molecule has 2 N–H and O–H groups in total. The van der Waals surface area contributed by atoms with Crippen molar-refractivity contribution in [3.8, 4) is 0 Å². The van der Waals surface area contributed by atoms with E-state index in [2.05, 4.69) is 10.6 Å². The third-order valence-electron chi connectivity index (χ3n) is 5.14. The third kappa shape index (κ3) is 4.03. The Morgan fingerprint density at radius 1 is 0.964 bits per heavy atom. The van der Waals surface area contributed by atoms with Crippen LogP contribution < -0.4 is 10.6 Å². The van der Waals surface area contributed by atoms with Gasteiger partial charge in [-0.25, -0.2) is 0 Å². The summed E-state index contributed by atoms with van der Waals surface area (Å²) < 4.78 is 38.0. The summed E-state index contributed by atoms with van der Waals surface area (Å²) in [6.45, 7) is 0. The van der Waals surface area contributed by atoms with Crippen molar-refractivity contribution in [2.24, 2.45) is 5.92 Å². The lowest BCUT2D eigenvalue weighted by atomic mass is 10.1. The minimum absolute atomic E-state index is 0.102. The number of amides is 2. The van der Waals surface area contributed by atoms with Gasteiger partial charge in [0.25, 0.3) is 5.91 Å². The molecular weight excluding hydrogens is 369 g/mol. The molecule has 0 heterocycles. The first-order valence-corrected chi connectivity index (χ1v) is 9.21. The molecule has 0 spiro atoms. The van der Waals surface area contributed by atoms with E-state index in [0.29, 0.717) is 23.2 Å². The molecule has 2 amide bonds. The van der Waals surface area contributed by atoms with E-state index in [1.54, 1.807) is 24.3 Å². The summed E-state index contributed by atoms with van der Waals surface area (Å²) in [5.41, 5.74) is 0.875. The first-order valence-electron chi connectivity index (χ1n) is 9.21. The molecule has 0 radical (unpaired) electrons. The number of halogens is 3. The van der Waals surface area contributed by atoms with Gasteiger partial charge in [-0.2, -0.15) is 13.2 Å². The van der Waals surface area contributed by atoms with E-state index in [1.165, 1.54) is 12.1 Å². The lowest BCUT2D eigenvalue weighted by Gasteiger charge is -2.11. The average Bonchev–Trinajstić information content (AvgIpc) is 3.56. The predicted molar refractivity (Wildman–Crippen MR) is 97.9 cm³/mol. The number of anilines is 1. The number of benzene rings is 2. The molecule has 0 aromatic heterocycles. The van der Waals surface area contributed by atoms with Crippen molar-refractivity contribution in [3.05, 3.63) is 65.2 Å². The first kappa shape index (κ1) is 18.5. The zero-order valence-electron chi connectivity index (χ0n) is 14.9. The van der Waals surface area contributed by atoms with Crippen LogP contribution in [0.2, 0.25) is 0 Å².